The summed E-state index contributed by atoms with van der Waals surface area (Å²) in [6.07, 6.45) is 4.60. The molecule has 0 unspecified atom stereocenters. The normalized spacial score (nSPS) is 12.9. The van der Waals surface area contributed by atoms with Gasteiger partial charge in [-0.2, -0.15) is 16.7 Å². The van der Waals surface area contributed by atoms with Crippen molar-refractivity contribution in [2.45, 2.75) is 12.5 Å². The highest BCUT2D eigenvalue weighted by Gasteiger charge is 2.15. The Morgan fingerprint density at radius 3 is 3.19 bits per heavy atom. The van der Waals surface area contributed by atoms with Crippen molar-refractivity contribution in [1.82, 2.24) is 15.1 Å². The smallest absolute Gasteiger partial charge is 0.243 e. The van der Waals surface area contributed by atoms with E-state index in [1.54, 1.807) is 23.5 Å². The highest BCUT2D eigenvalue weighted by molar-refractivity contribution is 7.98. The molecule has 0 amide bonds. The van der Waals surface area contributed by atoms with E-state index in [1.807, 2.05) is 6.26 Å². The number of hydrogen-bond donors (Lipinski definition) is 1. The summed E-state index contributed by atoms with van der Waals surface area (Å²) in [7, 11) is 0. The molecule has 0 aliphatic carbocycles. The van der Waals surface area contributed by atoms with Crippen LogP contribution in [0, 0.1) is 0 Å². The Morgan fingerprint density at radius 2 is 2.50 bits per heavy atom. The molecule has 2 aromatic heterocycles. The molecule has 86 valence electrons. The molecular weight excluding hydrogens is 244 g/mol. The largest absolute Gasteiger partial charge is 0.337 e. The van der Waals surface area contributed by atoms with Crippen molar-refractivity contribution in [2.75, 3.05) is 12.0 Å². The van der Waals surface area contributed by atoms with Crippen LogP contribution in [0.15, 0.2) is 16.2 Å². The first kappa shape index (κ1) is 11.6. The van der Waals surface area contributed by atoms with Crippen molar-refractivity contribution in [1.29, 1.82) is 0 Å². The Balaban J connectivity index is 2.07. The van der Waals surface area contributed by atoms with Gasteiger partial charge < -0.3 is 10.3 Å². The first-order valence-electron chi connectivity index (χ1n) is 4.78. The predicted molar refractivity (Wildman–Crippen MR) is 65.3 cm³/mol. The van der Waals surface area contributed by atoms with E-state index in [4.69, 9.17) is 10.3 Å². The van der Waals surface area contributed by atoms with E-state index in [0.717, 1.165) is 17.1 Å². The van der Waals surface area contributed by atoms with Crippen LogP contribution in [0.3, 0.4) is 0 Å². The van der Waals surface area contributed by atoms with Crippen LogP contribution in [-0.2, 0) is 0 Å². The third kappa shape index (κ3) is 2.60. The maximum absolute atomic E-state index is 5.93. The summed E-state index contributed by atoms with van der Waals surface area (Å²) in [6.45, 7) is 0. The number of aromatic nitrogens is 3. The lowest BCUT2D eigenvalue weighted by atomic mass is 10.2. The fourth-order valence-electron chi connectivity index (χ4n) is 1.18. The fourth-order valence-corrected chi connectivity index (χ4v) is 2.22. The summed E-state index contributed by atoms with van der Waals surface area (Å²) < 4.78 is 5.13. The van der Waals surface area contributed by atoms with Crippen LogP contribution < -0.4 is 5.73 Å². The monoisotopic (exact) mass is 256 g/mol. The Kier molecular flexibility index (Phi) is 3.92. The summed E-state index contributed by atoms with van der Waals surface area (Å²) in [5, 5.41) is 3.89. The molecule has 16 heavy (non-hydrogen) atoms. The Hall–Kier alpha value is -0.920. The zero-order valence-corrected chi connectivity index (χ0v) is 10.4. The molecule has 2 heterocycles. The minimum Gasteiger partial charge on any atom is -0.337 e. The van der Waals surface area contributed by atoms with Crippen LogP contribution in [0.4, 0.5) is 0 Å². The second-order valence-electron chi connectivity index (χ2n) is 3.21. The van der Waals surface area contributed by atoms with Crippen LogP contribution in [-0.4, -0.2) is 27.1 Å². The van der Waals surface area contributed by atoms with Gasteiger partial charge >= 0.3 is 0 Å². The Bertz CT molecular complexity index is 428. The molecule has 0 aromatic carbocycles. The number of hydrogen-bond acceptors (Lipinski definition) is 7. The average molecular weight is 256 g/mol. The lowest BCUT2D eigenvalue weighted by Crippen LogP contribution is -2.11. The summed E-state index contributed by atoms with van der Waals surface area (Å²) in [4.78, 5) is 9.12. The number of nitrogens with zero attached hydrogens (tertiary/aromatic N) is 3. The highest BCUT2D eigenvalue weighted by Crippen LogP contribution is 2.22. The second kappa shape index (κ2) is 5.42. The van der Waals surface area contributed by atoms with Crippen molar-refractivity contribution in [2.24, 2.45) is 5.73 Å². The molecule has 7 heteroatoms. The van der Waals surface area contributed by atoms with Gasteiger partial charge in [-0.3, -0.25) is 4.98 Å². The van der Waals surface area contributed by atoms with Gasteiger partial charge in [0.25, 0.3) is 0 Å². The highest BCUT2D eigenvalue weighted by atomic mass is 32.2. The Labute approximate surface area is 101 Å². The average Bonchev–Trinajstić information content (AvgIpc) is 2.94. The van der Waals surface area contributed by atoms with Crippen molar-refractivity contribution < 1.29 is 4.52 Å². The first-order chi connectivity index (χ1) is 7.81. The quantitative estimate of drug-likeness (QED) is 0.881. The lowest BCUT2D eigenvalue weighted by Gasteiger charge is -2.03. The maximum atomic E-state index is 5.93. The van der Waals surface area contributed by atoms with E-state index in [2.05, 4.69) is 15.1 Å². The zero-order chi connectivity index (χ0) is 11.4. The van der Waals surface area contributed by atoms with Gasteiger partial charge in [-0.1, -0.05) is 5.16 Å². The summed E-state index contributed by atoms with van der Waals surface area (Å²) in [5.41, 5.74) is 7.66. The molecule has 0 saturated carbocycles. The summed E-state index contributed by atoms with van der Waals surface area (Å²) in [6, 6.07) is -0.179. The minimum atomic E-state index is -0.179. The molecule has 5 nitrogen and oxygen atoms in total. The molecule has 0 saturated heterocycles. The third-order valence-corrected chi connectivity index (χ3v) is 3.46. The molecule has 0 aliphatic rings. The molecule has 2 rings (SSSR count). The van der Waals surface area contributed by atoms with Gasteiger partial charge in [0.15, 0.2) is 0 Å². The topological polar surface area (TPSA) is 77.8 Å². The third-order valence-electron chi connectivity index (χ3n) is 2.04. The van der Waals surface area contributed by atoms with E-state index < -0.39 is 0 Å². The van der Waals surface area contributed by atoms with Crippen LogP contribution in [0.2, 0.25) is 0 Å². The van der Waals surface area contributed by atoms with Crippen molar-refractivity contribution in [3.8, 4) is 10.7 Å². The van der Waals surface area contributed by atoms with Gasteiger partial charge in [0.1, 0.15) is 0 Å². The molecule has 1 atom stereocenters. The van der Waals surface area contributed by atoms with Crippen LogP contribution in [0.1, 0.15) is 18.4 Å². The van der Waals surface area contributed by atoms with E-state index in [-0.39, 0.29) is 6.04 Å². The van der Waals surface area contributed by atoms with E-state index >= 15 is 0 Å². The van der Waals surface area contributed by atoms with E-state index in [1.165, 1.54) is 11.3 Å². The van der Waals surface area contributed by atoms with Gasteiger partial charge in [0.2, 0.25) is 11.7 Å². The zero-order valence-electron chi connectivity index (χ0n) is 8.79. The van der Waals surface area contributed by atoms with Gasteiger partial charge in [0.05, 0.1) is 16.4 Å². The maximum Gasteiger partial charge on any atom is 0.243 e. The SMILES string of the molecule is CSCC[C@@H](N)c1nc(-c2cncs2)no1. The van der Waals surface area contributed by atoms with Crippen LogP contribution in [0.5, 0.6) is 0 Å². The van der Waals surface area contributed by atoms with Crippen molar-refractivity contribution >= 4 is 23.1 Å². The van der Waals surface area contributed by atoms with Crippen molar-refractivity contribution in [3.63, 3.8) is 0 Å². The molecule has 0 bridgehead atoms. The van der Waals surface area contributed by atoms with E-state index in [9.17, 15) is 0 Å². The fraction of sp³-hybridized carbons (Fsp3) is 0.444. The van der Waals surface area contributed by atoms with Crippen LogP contribution in [0.25, 0.3) is 10.7 Å². The molecule has 0 radical (unpaired) electrons. The number of nitrogens with two attached hydrogens (primary N) is 1. The van der Waals surface area contributed by atoms with Crippen LogP contribution >= 0.6 is 23.1 Å². The minimum absolute atomic E-state index is 0.179. The predicted octanol–water partition coefficient (Wildman–Crippen LogP) is 1.95. The number of rotatable bonds is 5. The molecule has 0 aliphatic heterocycles. The summed E-state index contributed by atoms with van der Waals surface area (Å²) >= 11 is 3.23. The summed E-state index contributed by atoms with van der Waals surface area (Å²) in [5.74, 6) is 2.05. The molecule has 0 fully saturated rings. The van der Waals surface area contributed by atoms with Gasteiger partial charge in [-0.25, -0.2) is 0 Å². The number of thiazole rings is 1. The molecule has 2 aromatic rings. The van der Waals surface area contributed by atoms with Gasteiger partial charge in [-0.05, 0) is 18.4 Å². The van der Waals surface area contributed by atoms with Crippen molar-refractivity contribution in [3.05, 3.63) is 17.6 Å². The Morgan fingerprint density at radius 1 is 1.62 bits per heavy atom. The first-order valence-corrected chi connectivity index (χ1v) is 7.05. The second-order valence-corrected chi connectivity index (χ2v) is 5.08. The molecule has 0 spiro atoms. The van der Waals surface area contributed by atoms with Gasteiger partial charge in [0, 0.05) is 6.20 Å². The lowest BCUT2D eigenvalue weighted by molar-refractivity contribution is 0.353. The van der Waals surface area contributed by atoms with E-state index in [0.29, 0.717) is 11.7 Å². The number of thioether (sulfide) groups is 1. The molecular formula is C9H12N4OS2. The van der Waals surface area contributed by atoms with Gasteiger partial charge in [-0.15, -0.1) is 11.3 Å². The molecule has 2 N–H and O–H groups in total. The standard InChI is InChI=1S/C9H12N4OS2/c1-15-3-2-6(10)9-12-8(13-14-9)7-4-11-5-16-7/h4-6H,2-3,10H2,1H3/t6-/m1/s1.